The zero-order chi connectivity index (χ0) is 12.0. The first-order valence-electron chi connectivity index (χ1n) is 4.81. The van der Waals surface area contributed by atoms with Crippen LogP contribution in [-0.2, 0) is 20.9 Å². The second kappa shape index (κ2) is 6.74. The number of hydrogen-bond acceptors (Lipinski definition) is 3. The molecule has 1 aromatic carbocycles. The molecule has 0 radical (unpaired) electrons. The topological polar surface area (TPSA) is 35.5 Å². The largest absolute Gasteiger partial charge is 0.464 e. The van der Waals surface area contributed by atoms with Gasteiger partial charge in [0, 0.05) is 15.6 Å². The quantitative estimate of drug-likeness (QED) is 0.766. The van der Waals surface area contributed by atoms with Gasteiger partial charge in [-0.1, -0.05) is 29.3 Å². The first-order chi connectivity index (χ1) is 7.65. The van der Waals surface area contributed by atoms with Crippen LogP contribution >= 0.6 is 23.2 Å². The number of hydrogen-bond donors (Lipinski definition) is 0. The highest BCUT2D eigenvalue weighted by molar-refractivity contribution is 6.35. The van der Waals surface area contributed by atoms with Crippen LogP contribution in [-0.4, -0.2) is 19.2 Å². The Labute approximate surface area is 104 Å². The summed E-state index contributed by atoms with van der Waals surface area (Å²) in [7, 11) is 0. The number of carbonyl (C=O) groups excluding carboxylic acids is 1. The van der Waals surface area contributed by atoms with Crippen LogP contribution in [0.5, 0.6) is 0 Å². The highest BCUT2D eigenvalue weighted by atomic mass is 35.5. The van der Waals surface area contributed by atoms with E-state index in [9.17, 15) is 4.79 Å². The maximum Gasteiger partial charge on any atom is 0.332 e. The zero-order valence-electron chi connectivity index (χ0n) is 8.83. The number of esters is 1. The summed E-state index contributed by atoms with van der Waals surface area (Å²) in [5.41, 5.74) is 0.676. The fraction of sp³-hybridized carbons (Fsp3) is 0.364. The third-order valence-electron chi connectivity index (χ3n) is 1.83. The molecule has 0 N–H and O–H groups in total. The molecule has 3 nitrogen and oxygen atoms in total. The van der Waals surface area contributed by atoms with Gasteiger partial charge in [0.2, 0.25) is 0 Å². The lowest BCUT2D eigenvalue weighted by molar-refractivity contribution is -0.148. The van der Waals surface area contributed by atoms with E-state index >= 15 is 0 Å². The van der Waals surface area contributed by atoms with E-state index in [-0.39, 0.29) is 13.2 Å². The number of benzene rings is 1. The maximum absolute atomic E-state index is 11.0. The molecule has 0 aliphatic heterocycles. The van der Waals surface area contributed by atoms with E-state index in [1.54, 1.807) is 25.1 Å². The molecule has 1 rings (SSSR count). The summed E-state index contributed by atoms with van der Waals surface area (Å²) in [6.45, 7) is 2.17. The van der Waals surface area contributed by atoms with Gasteiger partial charge in [-0.25, -0.2) is 4.79 Å². The van der Waals surface area contributed by atoms with E-state index in [0.717, 1.165) is 0 Å². The van der Waals surface area contributed by atoms with Gasteiger partial charge >= 0.3 is 5.97 Å². The second-order valence-corrected chi connectivity index (χ2v) is 3.81. The molecule has 0 bridgehead atoms. The van der Waals surface area contributed by atoms with Crippen molar-refractivity contribution in [2.75, 3.05) is 13.2 Å². The molecular weight excluding hydrogens is 251 g/mol. The molecular formula is C11H12Cl2O3. The van der Waals surface area contributed by atoms with Crippen LogP contribution in [0.15, 0.2) is 18.2 Å². The smallest absolute Gasteiger partial charge is 0.332 e. The van der Waals surface area contributed by atoms with Crippen LogP contribution in [0.1, 0.15) is 12.5 Å². The van der Waals surface area contributed by atoms with Gasteiger partial charge < -0.3 is 9.47 Å². The predicted molar refractivity (Wildman–Crippen MR) is 62.8 cm³/mol. The van der Waals surface area contributed by atoms with E-state index < -0.39 is 5.97 Å². The average Bonchev–Trinajstić information content (AvgIpc) is 2.23. The molecule has 0 heterocycles. The lowest BCUT2D eigenvalue weighted by Gasteiger charge is -2.07. The van der Waals surface area contributed by atoms with Crippen LogP contribution in [0.25, 0.3) is 0 Å². The SMILES string of the molecule is CCOC(=O)COCc1c(Cl)cccc1Cl. The molecule has 0 amide bonds. The minimum Gasteiger partial charge on any atom is -0.464 e. The Kier molecular flexibility index (Phi) is 5.60. The second-order valence-electron chi connectivity index (χ2n) is 3.00. The van der Waals surface area contributed by atoms with Crippen molar-refractivity contribution >= 4 is 29.2 Å². The Morgan fingerprint density at radius 1 is 1.31 bits per heavy atom. The first kappa shape index (κ1) is 13.3. The molecule has 0 saturated heterocycles. The highest BCUT2D eigenvalue weighted by Crippen LogP contribution is 2.24. The summed E-state index contributed by atoms with van der Waals surface area (Å²) in [6, 6.07) is 5.19. The summed E-state index contributed by atoms with van der Waals surface area (Å²) in [4.78, 5) is 11.0. The van der Waals surface area contributed by atoms with Gasteiger partial charge in [0.15, 0.2) is 0 Å². The predicted octanol–water partition coefficient (Wildman–Crippen LogP) is 3.07. The van der Waals surface area contributed by atoms with Crippen LogP contribution in [0, 0.1) is 0 Å². The van der Waals surface area contributed by atoms with Gasteiger partial charge in [-0.3, -0.25) is 0 Å². The minimum atomic E-state index is -0.398. The summed E-state index contributed by atoms with van der Waals surface area (Å²) >= 11 is 11.9. The molecule has 0 aliphatic rings. The highest BCUT2D eigenvalue weighted by Gasteiger charge is 2.07. The van der Waals surface area contributed by atoms with Crippen molar-refractivity contribution in [3.8, 4) is 0 Å². The van der Waals surface area contributed by atoms with Crippen LogP contribution in [0.4, 0.5) is 0 Å². The van der Waals surface area contributed by atoms with Crippen molar-refractivity contribution in [1.82, 2.24) is 0 Å². The molecule has 16 heavy (non-hydrogen) atoms. The Bertz CT molecular complexity index is 346. The number of carbonyl (C=O) groups is 1. The third-order valence-corrected chi connectivity index (χ3v) is 2.54. The van der Waals surface area contributed by atoms with Crippen molar-refractivity contribution in [3.05, 3.63) is 33.8 Å². The maximum atomic E-state index is 11.0. The van der Waals surface area contributed by atoms with E-state index in [2.05, 4.69) is 0 Å². The van der Waals surface area contributed by atoms with E-state index in [1.807, 2.05) is 0 Å². The Hall–Kier alpha value is -0.770. The lowest BCUT2D eigenvalue weighted by Crippen LogP contribution is -2.12. The Morgan fingerprint density at radius 2 is 1.94 bits per heavy atom. The standard InChI is InChI=1S/C11H12Cl2O3/c1-2-16-11(14)7-15-6-8-9(12)4-3-5-10(8)13/h3-5H,2,6-7H2,1H3. The van der Waals surface area contributed by atoms with Crippen molar-refractivity contribution in [2.24, 2.45) is 0 Å². The van der Waals surface area contributed by atoms with Gasteiger partial charge in [0.05, 0.1) is 13.2 Å². The van der Waals surface area contributed by atoms with E-state index in [0.29, 0.717) is 22.2 Å². The van der Waals surface area contributed by atoms with Gasteiger partial charge in [0.1, 0.15) is 6.61 Å². The fourth-order valence-electron chi connectivity index (χ4n) is 1.11. The first-order valence-corrected chi connectivity index (χ1v) is 5.57. The van der Waals surface area contributed by atoms with Gasteiger partial charge in [0.25, 0.3) is 0 Å². The molecule has 5 heteroatoms. The summed E-state index contributed by atoms with van der Waals surface area (Å²) in [6.07, 6.45) is 0. The van der Waals surface area contributed by atoms with Gasteiger partial charge in [-0.2, -0.15) is 0 Å². The molecule has 0 atom stereocenters. The summed E-state index contributed by atoms with van der Waals surface area (Å²) < 4.78 is 9.86. The minimum absolute atomic E-state index is 0.102. The number of ether oxygens (including phenoxy) is 2. The van der Waals surface area contributed by atoms with Crippen molar-refractivity contribution in [2.45, 2.75) is 13.5 Å². The lowest BCUT2D eigenvalue weighted by atomic mass is 10.2. The normalized spacial score (nSPS) is 10.2. The number of rotatable bonds is 5. The Balaban J connectivity index is 2.46. The van der Waals surface area contributed by atoms with E-state index in [4.69, 9.17) is 32.7 Å². The molecule has 88 valence electrons. The molecule has 0 spiro atoms. The number of halogens is 2. The third kappa shape index (κ3) is 4.00. The molecule has 0 saturated carbocycles. The molecule has 1 aromatic rings. The molecule has 0 aromatic heterocycles. The van der Waals surface area contributed by atoms with Gasteiger partial charge in [-0.05, 0) is 19.1 Å². The van der Waals surface area contributed by atoms with Crippen LogP contribution in [0.3, 0.4) is 0 Å². The van der Waals surface area contributed by atoms with Crippen molar-refractivity contribution in [3.63, 3.8) is 0 Å². The monoisotopic (exact) mass is 262 g/mol. The van der Waals surface area contributed by atoms with Crippen molar-refractivity contribution in [1.29, 1.82) is 0 Å². The summed E-state index contributed by atoms with van der Waals surface area (Å²) in [5.74, 6) is -0.398. The van der Waals surface area contributed by atoms with Crippen molar-refractivity contribution < 1.29 is 14.3 Å². The average molecular weight is 263 g/mol. The fourth-order valence-corrected chi connectivity index (χ4v) is 1.62. The Morgan fingerprint density at radius 3 is 2.50 bits per heavy atom. The summed E-state index contributed by atoms with van der Waals surface area (Å²) in [5, 5.41) is 1.05. The molecule has 0 fully saturated rings. The van der Waals surface area contributed by atoms with E-state index in [1.165, 1.54) is 0 Å². The molecule has 0 aliphatic carbocycles. The van der Waals surface area contributed by atoms with Crippen LogP contribution < -0.4 is 0 Å². The molecule has 0 unspecified atom stereocenters. The zero-order valence-corrected chi connectivity index (χ0v) is 10.3. The van der Waals surface area contributed by atoms with Crippen LogP contribution in [0.2, 0.25) is 10.0 Å². The van der Waals surface area contributed by atoms with Gasteiger partial charge in [-0.15, -0.1) is 0 Å².